The average Bonchev–Trinajstić information content (AvgIpc) is 2.73. The highest BCUT2D eigenvalue weighted by Gasteiger charge is 2.45. The van der Waals surface area contributed by atoms with Gasteiger partial charge in [-0.05, 0) is 6.92 Å². The second-order valence-corrected chi connectivity index (χ2v) is 4.76. The number of carbonyl (C=O) groups excluding carboxylic acids is 4. The normalized spacial score (nSPS) is 14.3. The van der Waals surface area contributed by atoms with Crippen molar-refractivity contribution in [3.63, 3.8) is 0 Å². The van der Waals surface area contributed by atoms with Gasteiger partial charge in [-0.2, -0.15) is 0 Å². The van der Waals surface area contributed by atoms with Crippen molar-refractivity contribution in [1.82, 2.24) is 9.80 Å². The molecule has 4 amide bonds. The molecule has 1 fully saturated rings. The Labute approximate surface area is 135 Å². The minimum atomic E-state index is -1.17. The molecule has 0 N–H and O–H groups in total. The third-order valence-electron chi connectivity index (χ3n) is 3.24. The predicted molar refractivity (Wildman–Crippen MR) is 77.4 cm³/mol. The molecule has 24 heavy (non-hydrogen) atoms. The van der Waals surface area contributed by atoms with Gasteiger partial charge in [-0.3, -0.25) is 29.4 Å². The van der Waals surface area contributed by atoms with Crippen LogP contribution >= 0.6 is 0 Å². The third-order valence-corrected chi connectivity index (χ3v) is 3.24. The molecule has 0 spiro atoms. The van der Waals surface area contributed by atoms with Crippen LogP contribution < -0.4 is 0 Å². The Morgan fingerprint density at radius 3 is 2.42 bits per heavy atom. The van der Waals surface area contributed by atoms with Crippen molar-refractivity contribution in [2.24, 2.45) is 0 Å². The summed E-state index contributed by atoms with van der Waals surface area (Å²) in [4.78, 5) is 58.7. The van der Waals surface area contributed by atoms with Crippen LogP contribution in [0.3, 0.4) is 0 Å². The molecule has 10 nitrogen and oxygen atoms in total. The minimum Gasteiger partial charge on any atom is -0.465 e. The third kappa shape index (κ3) is 3.21. The van der Waals surface area contributed by atoms with E-state index >= 15 is 0 Å². The average molecular weight is 335 g/mol. The molecule has 1 aromatic carbocycles. The Kier molecular flexibility index (Phi) is 4.87. The molecule has 0 aliphatic carbocycles. The van der Waals surface area contributed by atoms with Crippen LogP contribution in [-0.4, -0.2) is 51.7 Å². The van der Waals surface area contributed by atoms with Crippen LogP contribution in [0.25, 0.3) is 0 Å². The van der Waals surface area contributed by atoms with Crippen molar-refractivity contribution in [3.05, 3.63) is 39.9 Å². The van der Waals surface area contributed by atoms with Gasteiger partial charge < -0.3 is 4.74 Å². The second-order valence-electron chi connectivity index (χ2n) is 4.76. The number of para-hydroxylation sites is 1. The molecule has 1 saturated heterocycles. The summed E-state index contributed by atoms with van der Waals surface area (Å²) >= 11 is 0. The van der Waals surface area contributed by atoms with E-state index in [4.69, 9.17) is 0 Å². The Morgan fingerprint density at radius 1 is 1.17 bits per heavy atom. The van der Waals surface area contributed by atoms with E-state index in [2.05, 4.69) is 4.74 Å². The molecule has 10 heteroatoms. The highest BCUT2D eigenvalue weighted by atomic mass is 16.6. The molecule has 1 aromatic rings. The monoisotopic (exact) mass is 335 g/mol. The van der Waals surface area contributed by atoms with Crippen molar-refractivity contribution in [2.75, 3.05) is 13.2 Å². The van der Waals surface area contributed by atoms with Gasteiger partial charge in [0.05, 0.1) is 18.1 Å². The lowest BCUT2D eigenvalue weighted by molar-refractivity contribution is -0.385. The summed E-state index contributed by atoms with van der Waals surface area (Å²) in [6, 6.07) is 4.52. The quantitative estimate of drug-likeness (QED) is 0.243. The number of nitro benzene ring substituents is 1. The number of hydrogen-bond acceptors (Lipinski definition) is 7. The van der Waals surface area contributed by atoms with Gasteiger partial charge in [0, 0.05) is 11.6 Å². The summed E-state index contributed by atoms with van der Waals surface area (Å²) < 4.78 is 4.64. The van der Waals surface area contributed by atoms with Gasteiger partial charge in [0.25, 0.3) is 5.69 Å². The lowest BCUT2D eigenvalue weighted by Gasteiger charge is -2.14. The summed E-state index contributed by atoms with van der Waals surface area (Å²) in [6.45, 7) is 0.477. The van der Waals surface area contributed by atoms with E-state index in [1.54, 1.807) is 6.92 Å². The highest BCUT2D eigenvalue weighted by molar-refractivity contribution is 6.44. The first-order valence-electron chi connectivity index (χ1n) is 6.92. The first-order valence-corrected chi connectivity index (χ1v) is 6.92. The van der Waals surface area contributed by atoms with Crippen LogP contribution in [0.2, 0.25) is 0 Å². The predicted octanol–water partition coefficient (Wildman–Crippen LogP) is 0.449. The second kappa shape index (κ2) is 6.86. The summed E-state index contributed by atoms with van der Waals surface area (Å²) in [6.07, 6.45) is 0. The van der Waals surface area contributed by atoms with Crippen LogP contribution in [0.15, 0.2) is 24.3 Å². The fourth-order valence-corrected chi connectivity index (χ4v) is 2.16. The van der Waals surface area contributed by atoms with Crippen molar-refractivity contribution < 1.29 is 28.8 Å². The number of amides is 4. The number of ether oxygens (including phenoxy) is 1. The molecule has 1 aliphatic heterocycles. The lowest BCUT2D eigenvalue weighted by atomic mass is 10.1. The molecule has 0 aromatic heterocycles. The van der Waals surface area contributed by atoms with Crippen molar-refractivity contribution >= 4 is 29.5 Å². The highest BCUT2D eigenvalue weighted by Crippen LogP contribution is 2.22. The number of urea groups is 1. The maximum Gasteiger partial charge on any atom is 0.335 e. The molecule has 0 bridgehead atoms. The lowest BCUT2D eigenvalue weighted by Crippen LogP contribution is -2.37. The van der Waals surface area contributed by atoms with Crippen molar-refractivity contribution in [2.45, 2.75) is 13.5 Å². The van der Waals surface area contributed by atoms with Gasteiger partial charge in [-0.15, -0.1) is 0 Å². The number of rotatable bonds is 6. The minimum absolute atomic E-state index is 0.0585. The first-order chi connectivity index (χ1) is 11.4. The van der Waals surface area contributed by atoms with Gasteiger partial charge in [-0.1, -0.05) is 18.2 Å². The Hall–Kier alpha value is -3.30. The van der Waals surface area contributed by atoms with E-state index in [1.165, 1.54) is 24.3 Å². The zero-order valence-corrected chi connectivity index (χ0v) is 12.6. The van der Waals surface area contributed by atoms with E-state index in [0.717, 1.165) is 0 Å². The number of benzene rings is 1. The zero-order valence-electron chi connectivity index (χ0n) is 12.6. The number of carbonyl (C=O) groups is 4. The molecule has 2 rings (SSSR count). The molecule has 126 valence electrons. The first kappa shape index (κ1) is 17.1. The van der Waals surface area contributed by atoms with Crippen LogP contribution in [0, 0.1) is 10.1 Å². The number of hydrogen-bond donors (Lipinski definition) is 0. The standard InChI is InChI=1S/C14H13N3O7/c1-2-24-11(18)8-16-13(20)12(19)15(14(16)21)7-9-5-3-4-6-10(9)17(22)23/h3-6H,2,7-8H2,1H3. The van der Waals surface area contributed by atoms with Gasteiger partial charge >= 0.3 is 23.8 Å². The number of esters is 1. The van der Waals surface area contributed by atoms with Gasteiger partial charge in [0.2, 0.25) is 0 Å². The van der Waals surface area contributed by atoms with Gasteiger partial charge in [-0.25, -0.2) is 9.69 Å². The smallest absolute Gasteiger partial charge is 0.335 e. The Balaban J connectivity index is 2.22. The van der Waals surface area contributed by atoms with Crippen molar-refractivity contribution in [1.29, 1.82) is 0 Å². The summed E-state index contributed by atoms with van der Waals surface area (Å²) in [5.74, 6) is -3.16. The molecule has 0 saturated carbocycles. The molecular formula is C14H13N3O7. The number of nitrogens with zero attached hydrogens (tertiary/aromatic N) is 3. The van der Waals surface area contributed by atoms with E-state index < -0.39 is 41.8 Å². The SMILES string of the molecule is CCOC(=O)CN1C(=O)C(=O)N(Cc2ccccc2[N+](=O)[O-])C1=O. The Bertz CT molecular complexity index is 731. The molecule has 1 heterocycles. The maximum absolute atomic E-state index is 12.2. The van der Waals surface area contributed by atoms with E-state index in [9.17, 15) is 29.3 Å². The molecule has 0 radical (unpaired) electrons. The fraction of sp³-hybridized carbons (Fsp3) is 0.286. The van der Waals surface area contributed by atoms with Gasteiger partial charge in [0.1, 0.15) is 6.54 Å². The van der Waals surface area contributed by atoms with E-state index in [1.807, 2.05) is 0 Å². The molecular weight excluding hydrogens is 322 g/mol. The Morgan fingerprint density at radius 2 is 1.79 bits per heavy atom. The summed E-state index contributed by atoms with van der Waals surface area (Å²) in [5, 5.41) is 11.0. The van der Waals surface area contributed by atoms with E-state index in [-0.39, 0.29) is 17.9 Å². The maximum atomic E-state index is 12.2. The number of imide groups is 2. The largest absolute Gasteiger partial charge is 0.465 e. The molecule has 1 aliphatic rings. The van der Waals surface area contributed by atoms with E-state index in [0.29, 0.717) is 9.80 Å². The number of nitro groups is 1. The summed E-state index contributed by atoms with van der Waals surface area (Å²) in [5.41, 5.74) is -0.190. The molecule has 0 atom stereocenters. The van der Waals surface area contributed by atoms with Gasteiger partial charge in [0.15, 0.2) is 0 Å². The topological polar surface area (TPSA) is 127 Å². The van der Waals surface area contributed by atoms with Crippen LogP contribution in [-0.2, 0) is 25.7 Å². The molecule has 0 unspecified atom stereocenters. The summed E-state index contributed by atoms with van der Waals surface area (Å²) in [7, 11) is 0. The van der Waals surface area contributed by atoms with Crippen LogP contribution in [0.5, 0.6) is 0 Å². The van der Waals surface area contributed by atoms with Crippen LogP contribution in [0.4, 0.5) is 10.5 Å². The van der Waals surface area contributed by atoms with Crippen LogP contribution in [0.1, 0.15) is 12.5 Å². The van der Waals surface area contributed by atoms with Crippen molar-refractivity contribution in [3.8, 4) is 0 Å². The zero-order chi connectivity index (χ0) is 17.9. The fourth-order valence-electron chi connectivity index (χ4n) is 2.16.